The minimum Gasteiger partial charge on any atom is -0.342 e. The molecule has 1 aliphatic heterocycles. The van der Waals surface area contributed by atoms with Crippen molar-refractivity contribution in [3.8, 4) is 0 Å². The number of rotatable bonds is 3. The third kappa shape index (κ3) is 4.79. The molecule has 7 heteroatoms. The Morgan fingerprint density at radius 3 is 2.68 bits per heavy atom. The summed E-state index contributed by atoms with van der Waals surface area (Å²) < 4.78 is 0. The molecular weight excluding hydrogens is 444 g/mol. The Morgan fingerprint density at radius 2 is 2.00 bits per heavy atom. The van der Waals surface area contributed by atoms with Crippen molar-refractivity contribution in [1.82, 2.24) is 19.9 Å². The molecule has 1 unspecified atom stereocenters. The summed E-state index contributed by atoms with van der Waals surface area (Å²) >= 11 is 5.74. The molecule has 1 fully saturated rings. The van der Waals surface area contributed by atoms with Crippen LogP contribution >= 0.6 is 11.6 Å². The number of imidazole rings is 1. The highest BCUT2D eigenvalue weighted by Gasteiger charge is 2.46. The number of benzene rings is 1. The summed E-state index contributed by atoms with van der Waals surface area (Å²) in [6.07, 6.45) is 10.5. The monoisotopic (exact) mass is 476 g/mol. The second-order valence-electron chi connectivity index (χ2n) is 9.17. The molecule has 1 spiro atoms. The van der Waals surface area contributed by atoms with E-state index in [9.17, 15) is 0 Å². The maximum atomic E-state index is 6.66. The Labute approximate surface area is 206 Å². The van der Waals surface area contributed by atoms with Gasteiger partial charge >= 0.3 is 0 Å². The molecule has 0 radical (unpaired) electrons. The van der Waals surface area contributed by atoms with E-state index in [4.69, 9.17) is 17.3 Å². The lowest BCUT2D eigenvalue weighted by molar-refractivity contribution is 0.187. The van der Waals surface area contributed by atoms with Gasteiger partial charge in [-0.2, -0.15) is 4.98 Å². The van der Waals surface area contributed by atoms with Crippen LogP contribution in [0.1, 0.15) is 49.6 Å². The number of H-pyrrole nitrogens is 1. The van der Waals surface area contributed by atoms with Crippen molar-refractivity contribution in [2.24, 2.45) is 11.1 Å². The molecule has 2 aliphatic rings. The zero-order valence-corrected chi connectivity index (χ0v) is 20.9. The largest absolute Gasteiger partial charge is 0.342 e. The number of aryl methyl sites for hydroxylation is 1. The third-order valence-corrected chi connectivity index (χ3v) is 7.48. The molecule has 34 heavy (non-hydrogen) atoms. The second kappa shape index (κ2) is 10.1. The topological polar surface area (TPSA) is 83.7 Å². The molecule has 6 nitrogen and oxygen atoms in total. The van der Waals surface area contributed by atoms with Crippen LogP contribution in [-0.4, -0.2) is 33.0 Å². The molecule has 1 aromatic carbocycles. The van der Waals surface area contributed by atoms with Crippen LogP contribution in [0.4, 0.5) is 5.95 Å². The van der Waals surface area contributed by atoms with Crippen molar-refractivity contribution in [3.05, 3.63) is 82.7 Å². The smallest absolute Gasteiger partial charge is 0.206 e. The number of allylic oxidation sites excluding steroid dienone is 5. The van der Waals surface area contributed by atoms with Gasteiger partial charge in [-0.1, -0.05) is 60.7 Å². The van der Waals surface area contributed by atoms with Crippen LogP contribution in [0.15, 0.2) is 65.9 Å². The van der Waals surface area contributed by atoms with Crippen LogP contribution in [0.5, 0.6) is 0 Å². The van der Waals surface area contributed by atoms with Gasteiger partial charge in [-0.3, -0.25) is 0 Å². The molecule has 2 aromatic heterocycles. The Bertz CT molecular complexity index is 1230. The first-order valence-corrected chi connectivity index (χ1v) is 12.1. The normalized spacial score (nSPS) is 19.7. The van der Waals surface area contributed by atoms with Gasteiger partial charge in [0.25, 0.3) is 0 Å². The molecule has 3 aromatic rings. The number of hydrogen-bond acceptors (Lipinski definition) is 5. The fourth-order valence-corrected chi connectivity index (χ4v) is 5.04. The molecule has 3 heterocycles. The Balaban J connectivity index is 0.000000262. The summed E-state index contributed by atoms with van der Waals surface area (Å²) in [6, 6.07) is 8.79. The lowest BCUT2D eigenvalue weighted by atomic mass is 9.73. The van der Waals surface area contributed by atoms with Gasteiger partial charge in [-0.15, -0.1) is 0 Å². The van der Waals surface area contributed by atoms with Crippen molar-refractivity contribution in [3.63, 3.8) is 0 Å². The van der Waals surface area contributed by atoms with E-state index in [1.165, 1.54) is 11.1 Å². The minimum atomic E-state index is 0.146. The number of anilines is 1. The van der Waals surface area contributed by atoms with Crippen LogP contribution < -0.4 is 10.6 Å². The number of piperidine rings is 1. The molecule has 0 bridgehead atoms. The number of aromatic amines is 1. The summed E-state index contributed by atoms with van der Waals surface area (Å²) in [4.78, 5) is 19.1. The summed E-state index contributed by atoms with van der Waals surface area (Å²) in [6.45, 7) is 11.3. The quantitative estimate of drug-likeness (QED) is 0.469. The van der Waals surface area contributed by atoms with E-state index in [0.29, 0.717) is 5.65 Å². The highest BCUT2D eigenvalue weighted by Crippen LogP contribution is 2.50. The van der Waals surface area contributed by atoms with Gasteiger partial charge in [0.15, 0.2) is 11.3 Å². The van der Waals surface area contributed by atoms with Gasteiger partial charge in [0, 0.05) is 24.2 Å². The zero-order chi connectivity index (χ0) is 24.3. The van der Waals surface area contributed by atoms with E-state index in [1.54, 1.807) is 12.3 Å². The second-order valence-corrected chi connectivity index (χ2v) is 9.58. The van der Waals surface area contributed by atoms with Gasteiger partial charge in [0.1, 0.15) is 0 Å². The summed E-state index contributed by atoms with van der Waals surface area (Å²) in [5.74, 6) is 0.875. The molecule has 5 rings (SSSR count). The summed E-state index contributed by atoms with van der Waals surface area (Å²) in [5, 5.41) is 0.787. The number of nitrogens with one attached hydrogen (secondary N) is 1. The first-order chi connectivity index (χ1) is 16.4. The van der Waals surface area contributed by atoms with Crippen LogP contribution in [0, 0.1) is 12.3 Å². The third-order valence-electron chi connectivity index (χ3n) is 6.96. The molecular formula is C27H33ClN6. The number of nitrogens with two attached hydrogens (primary N) is 1. The van der Waals surface area contributed by atoms with Crippen molar-refractivity contribution in [1.29, 1.82) is 0 Å². The Hall–Kier alpha value is -2.96. The van der Waals surface area contributed by atoms with E-state index in [2.05, 4.69) is 55.7 Å². The number of nitrogens with zero attached hydrogens (tertiary/aromatic N) is 4. The van der Waals surface area contributed by atoms with Gasteiger partial charge in [-0.25, -0.2) is 9.97 Å². The molecule has 1 aliphatic carbocycles. The van der Waals surface area contributed by atoms with Crippen molar-refractivity contribution in [2.45, 2.75) is 46.1 Å². The fraction of sp³-hybridized carbons (Fsp3) is 0.370. The molecule has 3 N–H and O–H groups in total. The maximum absolute atomic E-state index is 6.66. The average Bonchev–Trinajstić information content (AvgIpc) is 3.38. The van der Waals surface area contributed by atoms with Crippen molar-refractivity contribution in [2.75, 3.05) is 18.0 Å². The molecule has 1 saturated heterocycles. The maximum Gasteiger partial charge on any atom is 0.206 e. The minimum absolute atomic E-state index is 0.146. The van der Waals surface area contributed by atoms with Crippen molar-refractivity contribution < 1.29 is 0 Å². The van der Waals surface area contributed by atoms with Crippen LogP contribution in [-0.2, 0) is 6.42 Å². The predicted molar refractivity (Wildman–Crippen MR) is 141 cm³/mol. The summed E-state index contributed by atoms with van der Waals surface area (Å²) in [7, 11) is 0. The molecule has 1 atom stereocenters. The van der Waals surface area contributed by atoms with Gasteiger partial charge in [0.05, 0.1) is 11.9 Å². The molecule has 0 saturated carbocycles. The van der Waals surface area contributed by atoms with E-state index in [-0.39, 0.29) is 11.5 Å². The number of halogens is 1. The van der Waals surface area contributed by atoms with Crippen molar-refractivity contribution >= 4 is 28.8 Å². The Kier molecular flexibility index (Phi) is 7.19. The number of aromatic nitrogens is 4. The standard InChI is InChI=1S/C19H22N6.C8H11Cl/c1-12-11-21-16-17(22-12)24-18(23-16)25-8-6-19(7-9-25)10-13-4-2-3-5-14(13)15(19)20;1-4-6-7(3)8(9)5-2/h2-5,11,15H,6-10,20H2,1H3,(H,21,22,23,24);4-6H,1H2,2-3H3/b;7-6-,8-5+. The Morgan fingerprint density at radius 1 is 1.26 bits per heavy atom. The van der Waals surface area contributed by atoms with Gasteiger partial charge in [-0.05, 0) is 62.1 Å². The fourth-order valence-electron chi connectivity index (χ4n) is 4.97. The van der Waals surface area contributed by atoms with Crippen LogP contribution in [0.25, 0.3) is 11.3 Å². The van der Waals surface area contributed by atoms with E-state index < -0.39 is 0 Å². The lowest BCUT2D eigenvalue weighted by Crippen LogP contribution is -2.44. The molecule has 0 amide bonds. The number of fused-ring (bicyclic) bond motifs is 2. The van der Waals surface area contributed by atoms with Crippen LogP contribution in [0.3, 0.4) is 0 Å². The number of hydrogen-bond donors (Lipinski definition) is 2. The predicted octanol–water partition coefficient (Wildman–Crippen LogP) is 5.77. The zero-order valence-electron chi connectivity index (χ0n) is 20.2. The summed E-state index contributed by atoms with van der Waals surface area (Å²) in [5.41, 5.74) is 13.0. The first-order valence-electron chi connectivity index (χ1n) is 11.8. The van der Waals surface area contributed by atoms with E-state index >= 15 is 0 Å². The van der Waals surface area contributed by atoms with E-state index in [1.807, 2.05) is 32.9 Å². The highest BCUT2D eigenvalue weighted by molar-refractivity contribution is 6.31. The SMILES string of the molecule is C=C/C=C(C)\C(Cl)=C/C.Cc1cnc2nc(N3CCC4(CC3)Cc3ccccc3C4N)[nH]c2n1. The highest BCUT2D eigenvalue weighted by atomic mass is 35.5. The molecule has 178 valence electrons. The lowest BCUT2D eigenvalue weighted by Gasteiger charge is -2.42. The first kappa shape index (κ1) is 24.2. The van der Waals surface area contributed by atoms with Gasteiger partial charge < -0.3 is 15.6 Å². The van der Waals surface area contributed by atoms with Crippen LogP contribution in [0.2, 0.25) is 0 Å². The van der Waals surface area contributed by atoms with E-state index in [0.717, 1.165) is 60.2 Å². The average molecular weight is 477 g/mol. The van der Waals surface area contributed by atoms with Gasteiger partial charge in [0.2, 0.25) is 5.95 Å².